The zero-order valence-corrected chi connectivity index (χ0v) is 72.3. The molecule has 0 amide bonds. The molecule has 0 aliphatic heterocycles. The van der Waals surface area contributed by atoms with Crippen LogP contribution in [-0.2, 0) is 62.8 Å². The largest absolute Gasteiger partial charge is 0.448 e. The van der Waals surface area contributed by atoms with Gasteiger partial charge in [0, 0.05) is 145 Å². The third-order valence-corrected chi connectivity index (χ3v) is 12.6. The van der Waals surface area contributed by atoms with Gasteiger partial charge in [-0.2, -0.15) is 10.2 Å². The van der Waals surface area contributed by atoms with Crippen molar-refractivity contribution in [1.29, 1.82) is 0 Å². The van der Waals surface area contributed by atoms with Crippen molar-refractivity contribution in [2.45, 2.75) is 319 Å². The van der Waals surface area contributed by atoms with Gasteiger partial charge in [0.2, 0.25) is 0 Å². The van der Waals surface area contributed by atoms with Crippen molar-refractivity contribution in [2.24, 2.45) is 14.1 Å². The summed E-state index contributed by atoms with van der Waals surface area (Å²) in [5.41, 5.74) is 9.87. The fraction of sp³-hybridized carbons (Fsp3) is 0.581. The lowest BCUT2D eigenvalue weighted by Gasteiger charge is -2.17. The molecule has 101 heavy (non-hydrogen) atoms. The Kier molecular flexibility index (Phi) is 55.8. The van der Waals surface area contributed by atoms with E-state index >= 15 is 0 Å². The van der Waals surface area contributed by atoms with E-state index in [1.807, 2.05) is 180 Å². The number of oxazole rings is 1. The van der Waals surface area contributed by atoms with Gasteiger partial charge < -0.3 is 4.42 Å². The van der Waals surface area contributed by atoms with Gasteiger partial charge in [-0.15, -0.1) is 0 Å². The van der Waals surface area contributed by atoms with Crippen LogP contribution < -0.4 is 0 Å². The minimum absolute atomic E-state index is 0.0451. The number of aryl methyl sites for hydroxylation is 2. The molecule has 0 N–H and O–H groups in total. The molecular formula is C86H150N14O. The standard InChI is InChI=1S/3C9H13N.C8H12N2.2C8H14N2.2C8H12N2.C7H11NO.6C2H6/c1-9(2,3)8-4-6-10-7-5-8;1-9(2,3)8-5-4-6-10-7-8;1-9(2,3)8-6-4-5-7-10-8;1-8(2,3)7-4-9-6-10-5-7;1-8(2,3)7-5-6-10(4)9-7;1-8(2,3)7-5-6-9-10(7)4;1-8(2,3)7-6-9-4-5-10-7;1-8(2,3)7-9-5-4-6-10-7;1-7(2,3)6-8-4-5-9-6;6*1-2/h3*4-7H,1-3H3;4-6H,1-3H3;2*5-6H,1-4H3;2*4-6H,1-3H3;4-5H,1-3H3;6*1-2H3. The fourth-order valence-corrected chi connectivity index (χ4v) is 7.04. The van der Waals surface area contributed by atoms with E-state index in [9.17, 15) is 0 Å². The molecule has 0 bridgehead atoms. The monoisotopic (exact) mass is 1400 g/mol. The van der Waals surface area contributed by atoms with E-state index in [0.29, 0.717) is 0 Å². The molecule has 0 radical (unpaired) electrons. The van der Waals surface area contributed by atoms with Gasteiger partial charge in [0.25, 0.3) is 0 Å². The summed E-state index contributed by atoms with van der Waals surface area (Å²) in [6.45, 7) is 82.0. The van der Waals surface area contributed by atoms with Gasteiger partial charge in [-0.1, -0.05) is 282 Å². The average Bonchev–Trinajstić information content (AvgIpc) is 1.78. The molecule has 0 aromatic carbocycles. The van der Waals surface area contributed by atoms with E-state index in [4.69, 9.17) is 4.42 Å². The number of pyridine rings is 3. The lowest BCUT2D eigenvalue weighted by Crippen LogP contribution is -2.16. The maximum Gasteiger partial charge on any atom is 0.199 e. The van der Waals surface area contributed by atoms with Crippen molar-refractivity contribution in [2.75, 3.05) is 0 Å². The number of nitrogens with zero attached hydrogens (tertiary/aromatic N) is 14. The molecule has 0 fully saturated rings. The van der Waals surface area contributed by atoms with Crippen molar-refractivity contribution in [3.63, 3.8) is 0 Å². The molecular weight excluding hydrogens is 1250 g/mol. The summed E-state index contributed by atoms with van der Waals surface area (Å²) in [4.78, 5) is 40.6. The molecule has 9 aromatic heterocycles. The normalized spacial score (nSPS) is 10.6. The minimum Gasteiger partial charge on any atom is -0.448 e. The molecule has 0 spiro atoms. The fourth-order valence-electron chi connectivity index (χ4n) is 7.04. The first-order chi connectivity index (χ1) is 46.8. The molecule has 0 saturated carbocycles. The topological polar surface area (TPSA) is 178 Å². The highest BCUT2D eigenvalue weighted by molar-refractivity contribution is 5.20. The van der Waals surface area contributed by atoms with Crippen LogP contribution in [0.4, 0.5) is 0 Å². The van der Waals surface area contributed by atoms with Gasteiger partial charge in [-0.25, -0.2) is 24.9 Å². The number of hydrogen-bond acceptors (Lipinski definition) is 13. The molecule has 0 atom stereocenters. The van der Waals surface area contributed by atoms with E-state index in [2.05, 4.69) is 283 Å². The second-order valence-corrected chi connectivity index (χ2v) is 30.8. The van der Waals surface area contributed by atoms with E-state index in [-0.39, 0.29) is 48.7 Å². The van der Waals surface area contributed by atoms with Gasteiger partial charge in [-0.05, 0) is 81.5 Å². The first-order valence-corrected chi connectivity index (χ1v) is 36.7. The third-order valence-electron chi connectivity index (χ3n) is 12.6. The second kappa shape index (κ2) is 54.1. The van der Waals surface area contributed by atoms with Crippen LogP contribution in [0.1, 0.15) is 321 Å². The maximum atomic E-state index is 5.09. The Balaban J connectivity index is -0.000000246. The van der Waals surface area contributed by atoms with E-state index in [1.54, 1.807) is 56.0 Å². The van der Waals surface area contributed by atoms with Crippen LogP contribution in [-0.4, -0.2) is 69.4 Å². The summed E-state index contributed by atoms with van der Waals surface area (Å²) in [6.07, 6.45) is 30.3. The quantitative estimate of drug-likeness (QED) is 0.140. The Morgan fingerprint density at radius 1 is 0.297 bits per heavy atom. The predicted octanol–water partition coefficient (Wildman–Crippen LogP) is 24.0. The maximum absolute atomic E-state index is 5.09. The van der Waals surface area contributed by atoms with Gasteiger partial charge >= 0.3 is 0 Å². The Bertz CT molecular complexity index is 2810. The molecule has 0 saturated heterocycles. The summed E-state index contributed by atoms with van der Waals surface area (Å²) in [5, 5.41) is 8.40. The van der Waals surface area contributed by atoms with Gasteiger partial charge in [-0.3, -0.25) is 34.3 Å². The van der Waals surface area contributed by atoms with Gasteiger partial charge in [0.15, 0.2) is 5.89 Å². The molecule has 570 valence electrons. The van der Waals surface area contributed by atoms with Crippen LogP contribution >= 0.6 is 0 Å². The van der Waals surface area contributed by atoms with Crippen molar-refractivity contribution in [3.8, 4) is 0 Å². The van der Waals surface area contributed by atoms with Crippen molar-refractivity contribution in [1.82, 2.24) is 69.4 Å². The van der Waals surface area contributed by atoms with Crippen molar-refractivity contribution >= 4 is 0 Å². The molecule has 15 nitrogen and oxygen atoms in total. The molecule has 9 aromatic rings. The summed E-state index contributed by atoms with van der Waals surface area (Å²) in [5.74, 6) is 1.69. The number of aromatic nitrogens is 14. The highest BCUT2D eigenvalue weighted by Crippen LogP contribution is 2.25. The summed E-state index contributed by atoms with van der Waals surface area (Å²) >= 11 is 0. The predicted molar refractivity (Wildman–Crippen MR) is 438 cm³/mol. The Morgan fingerprint density at radius 2 is 0.752 bits per heavy atom. The van der Waals surface area contributed by atoms with Crippen molar-refractivity contribution in [3.05, 3.63) is 217 Å². The van der Waals surface area contributed by atoms with Crippen LogP contribution in [0.3, 0.4) is 0 Å². The van der Waals surface area contributed by atoms with Crippen LogP contribution in [0.15, 0.2) is 171 Å². The Morgan fingerprint density at radius 3 is 0.990 bits per heavy atom. The van der Waals surface area contributed by atoms with Crippen LogP contribution in [0.2, 0.25) is 0 Å². The minimum atomic E-state index is 0.0451. The zero-order chi connectivity index (χ0) is 80.1. The zero-order valence-electron chi connectivity index (χ0n) is 72.3. The average molecular weight is 1400 g/mol. The van der Waals surface area contributed by atoms with E-state index in [0.717, 1.165) is 28.8 Å². The van der Waals surface area contributed by atoms with Crippen LogP contribution in [0, 0.1) is 0 Å². The highest BCUT2D eigenvalue weighted by Gasteiger charge is 2.20. The summed E-state index contributed by atoms with van der Waals surface area (Å²) < 4.78 is 8.84. The van der Waals surface area contributed by atoms with Crippen LogP contribution in [0.25, 0.3) is 0 Å². The third kappa shape index (κ3) is 52.0. The van der Waals surface area contributed by atoms with E-state index in [1.165, 1.54) is 22.4 Å². The SMILES string of the molecule is CC.CC.CC.CC.CC.CC.CC(C)(C)c1ccccn1.CC(C)(C)c1cccnc1.CC(C)(C)c1ccncc1.CC(C)(C)c1cnccn1.CC(C)(C)c1cncnc1.CC(C)(C)c1ncccn1.CC(C)(C)c1ncco1.Cn1ccc(C(C)(C)C)n1.Cn1nccc1C(C)(C)C. The Hall–Kier alpha value is -7.68. The first-order valence-electron chi connectivity index (χ1n) is 36.7. The highest BCUT2D eigenvalue weighted by atomic mass is 16.3. The second-order valence-electron chi connectivity index (χ2n) is 30.8. The lowest BCUT2D eigenvalue weighted by molar-refractivity contribution is 0.392. The molecule has 0 unspecified atom stereocenters. The van der Waals surface area contributed by atoms with Crippen LogP contribution in [0.5, 0.6) is 0 Å². The molecule has 15 heteroatoms. The lowest BCUT2D eigenvalue weighted by atomic mass is 9.88. The molecule has 9 rings (SSSR count). The number of rotatable bonds is 0. The number of hydrogen-bond donors (Lipinski definition) is 0. The molecule has 0 aliphatic rings. The van der Waals surface area contributed by atoms with E-state index < -0.39 is 0 Å². The molecule has 9 heterocycles. The smallest absolute Gasteiger partial charge is 0.199 e. The molecule has 0 aliphatic carbocycles. The summed E-state index contributed by atoms with van der Waals surface area (Å²) in [6, 6.07) is 20.1. The van der Waals surface area contributed by atoms with Crippen molar-refractivity contribution < 1.29 is 4.42 Å². The summed E-state index contributed by atoms with van der Waals surface area (Å²) in [7, 11) is 3.91. The van der Waals surface area contributed by atoms with Gasteiger partial charge in [0.1, 0.15) is 18.4 Å². The Labute approximate surface area is 620 Å². The van der Waals surface area contributed by atoms with Gasteiger partial charge in [0.05, 0.1) is 17.6 Å². The first kappa shape index (κ1) is 104.